The fourth-order valence-corrected chi connectivity index (χ4v) is 5.03. The largest absolute Gasteiger partial charge is 0.493 e. The number of carbonyl (C=O) groups is 2. The molecule has 0 saturated carbocycles. The van der Waals surface area contributed by atoms with Crippen LogP contribution in [0, 0.1) is 6.92 Å². The van der Waals surface area contributed by atoms with Crippen molar-refractivity contribution in [2.75, 3.05) is 47.9 Å². The molecular formula is C25H35N7O6S. The predicted octanol–water partition coefficient (Wildman–Crippen LogP) is 0.911. The first kappa shape index (κ1) is 29.8. The minimum atomic E-state index is -4.14. The van der Waals surface area contributed by atoms with Crippen molar-refractivity contribution in [1.82, 2.24) is 33.7 Å². The molecule has 0 aliphatic heterocycles. The number of hydrogen-bond donors (Lipinski definition) is 1. The van der Waals surface area contributed by atoms with Gasteiger partial charge in [-0.25, -0.2) is 17.9 Å². The number of sulfonamides is 1. The number of likely N-dealkylation sites (N-methyl/N-ethyl adjacent to an activating group) is 3. The van der Waals surface area contributed by atoms with E-state index >= 15 is 0 Å². The average molecular weight is 562 g/mol. The number of aromatic amines is 1. The van der Waals surface area contributed by atoms with Gasteiger partial charge in [0.15, 0.2) is 11.3 Å². The molecule has 212 valence electrons. The molecule has 39 heavy (non-hydrogen) atoms. The van der Waals surface area contributed by atoms with Crippen LogP contribution in [-0.4, -0.2) is 102 Å². The summed E-state index contributed by atoms with van der Waals surface area (Å²) in [5, 5.41) is 4.58. The Morgan fingerprint density at radius 3 is 2.38 bits per heavy atom. The van der Waals surface area contributed by atoms with Gasteiger partial charge in [-0.05, 0) is 38.5 Å². The van der Waals surface area contributed by atoms with E-state index in [1.807, 2.05) is 6.92 Å². The molecule has 0 aliphatic rings. The van der Waals surface area contributed by atoms with Crippen LogP contribution in [0.1, 0.15) is 31.8 Å². The Kier molecular flexibility index (Phi) is 9.12. The number of benzene rings is 1. The maximum Gasteiger partial charge on any atom is 0.277 e. The van der Waals surface area contributed by atoms with Crippen LogP contribution in [0.5, 0.6) is 5.75 Å². The highest BCUT2D eigenvalue weighted by molar-refractivity contribution is 7.89. The highest BCUT2D eigenvalue weighted by Crippen LogP contribution is 2.31. The summed E-state index contributed by atoms with van der Waals surface area (Å²) in [7, 11) is 1.71. The molecule has 0 bridgehead atoms. The summed E-state index contributed by atoms with van der Waals surface area (Å²) in [6.07, 6.45) is 1.40. The Balaban J connectivity index is 2.02. The van der Waals surface area contributed by atoms with Gasteiger partial charge in [0.05, 0.1) is 35.8 Å². The van der Waals surface area contributed by atoms with E-state index in [1.54, 1.807) is 27.9 Å². The summed E-state index contributed by atoms with van der Waals surface area (Å²) < 4.78 is 35.0. The number of amides is 2. The van der Waals surface area contributed by atoms with E-state index in [0.717, 1.165) is 10.7 Å². The topological polar surface area (TPSA) is 150 Å². The standard InChI is InChI=1S/C25H35N7O6S/c1-8-10-20-26-16(3)23-25(35)27-24(28-32(20)23)18-13-17(11-12-19(18)38-9-2)39(36,37)31(7)15-22(34)30(6)14-21(33)29(4)5/h11-13H,8-10,14-15H2,1-7H3,(H,27,28,35). The molecule has 1 N–H and O–H groups in total. The highest BCUT2D eigenvalue weighted by Gasteiger charge is 2.27. The Labute approximate surface area is 227 Å². The lowest BCUT2D eigenvalue weighted by Crippen LogP contribution is -2.43. The lowest BCUT2D eigenvalue weighted by molar-refractivity contribution is -0.137. The molecule has 3 aromatic rings. The molecule has 2 amide bonds. The van der Waals surface area contributed by atoms with Gasteiger partial charge < -0.3 is 19.5 Å². The van der Waals surface area contributed by atoms with Crippen LogP contribution >= 0.6 is 0 Å². The molecule has 0 radical (unpaired) electrons. The molecule has 2 aromatic heterocycles. The Hall–Kier alpha value is -3.78. The molecule has 0 atom stereocenters. The number of aryl methyl sites for hydroxylation is 2. The predicted molar refractivity (Wildman–Crippen MR) is 145 cm³/mol. The lowest BCUT2D eigenvalue weighted by Gasteiger charge is -2.23. The fraction of sp³-hybridized carbons (Fsp3) is 0.480. The minimum absolute atomic E-state index is 0.114. The van der Waals surface area contributed by atoms with Gasteiger partial charge in [0.1, 0.15) is 11.6 Å². The van der Waals surface area contributed by atoms with Crippen LogP contribution in [-0.2, 0) is 26.0 Å². The molecule has 0 spiro atoms. The molecule has 2 heterocycles. The van der Waals surface area contributed by atoms with Crippen molar-refractivity contribution < 1.29 is 22.7 Å². The van der Waals surface area contributed by atoms with Crippen molar-refractivity contribution in [3.8, 4) is 17.1 Å². The van der Waals surface area contributed by atoms with E-state index in [4.69, 9.17) is 4.74 Å². The quantitative estimate of drug-likeness (QED) is 0.363. The molecule has 0 saturated heterocycles. The second-order valence-electron chi connectivity index (χ2n) is 9.32. The molecule has 0 fully saturated rings. The summed E-state index contributed by atoms with van der Waals surface area (Å²) >= 11 is 0. The van der Waals surface area contributed by atoms with E-state index in [1.165, 1.54) is 46.6 Å². The van der Waals surface area contributed by atoms with Gasteiger partial charge in [-0.3, -0.25) is 14.4 Å². The number of aromatic nitrogens is 4. The third-order valence-electron chi connectivity index (χ3n) is 6.09. The van der Waals surface area contributed by atoms with Gasteiger partial charge in [0.2, 0.25) is 21.8 Å². The maximum atomic E-state index is 13.4. The van der Waals surface area contributed by atoms with Crippen molar-refractivity contribution in [3.05, 3.63) is 40.1 Å². The number of hydrogen-bond acceptors (Lipinski definition) is 8. The summed E-state index contributed by atoms with van der Waals surface area (Å²) in [5.41, 5.74) is 0.711. The second-order valence-corrected chi connectivity index (χ2v) is 11.4. The Bertz CT molecular complexity index is 1540. The highest BCUT2D eigenvalue weighted by atomic mass is 32.2. The van der Waals surface area contributed by atoms with Gasteiger partial charge >= 0.3 is 0 Å². The van der Waals surface area contributed by atoms with Crippen molar-refractivity contribution >= 4 is 27.4 Å². The molecule has 0 unspecified atom stereocenters. The van der Waals surface area contributed by atoms with Crippen LogP contribution in [0.4, 0.5) is 0 Å². The van der Waals surface area contributed by atoms with E-state index in [2.05, 4.69) is 15.1 Å². The van der Waals surface area contributed by atoms with Crippen molar-refractivity contribution in [3.63, 3.8) is 0 Å². The summed E-state index contributed by atoms with van der Waals surface area (Å²) in [6, 6.07) is 4.21. The first-order chi connectivity index (χ1) is 18.3. The zero-order chi connectivity index (χ0) is 29.1. The van der Waals surface area contributed by atoms with Gasteiger partial charge in [-0.1, -0.05) is 6.92 Å². The first-order valence-electron chi connectivity index (χ1n) is 12.5. The maximum absolute atomic E-state index is 13.4. The normalized spacial score (nSPS) is 11.7. The number of nitrogens with one attached hydrogen (secondary N) is 1. The van der Waals surface area contributed by atoms with Crippen LogP contribution in [0.3, 0.4) is 0 Å². The van der Waals surface area contributed by atoms with E-state index in [9.17, 15) is 22.8 Å². The zero-order valence-corrected chi connectivity index (χ0v) is 24.1. The average Bonchev–Trinajstić information content (AvgIpc) is 3.19. The van der Waals surface area contributed by atoms with Crippen LogP contribution in [0.25, 0.3) is 16.9 Å². The number of fused-ring (bicyclic) bond motifs is 1. The fourth-order valence-electron chi connectivity index (χ4n) is 3.89. The van der Waals surface area contributed by atoms with Crippen LogP contribution in [0.2, 0.25) is 0 Å². The van der Waals surface area contributed by atoms with E-state index in [0.29, 0.717) is 35.8 Å². The summed E-state index contributed by atoms with van der Waals surface area (Å²) in [6.45, 7) is 5.15. The number of ether oxygens (including phenoxy) is 1. The number of carbonyl (C=O) groups excluding carboxylic acids is 2. The van der Waals surface area contributed by atoms with Crippen molar-refractivity contribution in [2.45, 2.75) is 38.5 Å². The molecular weight excluding hydrogens is 526 g/mol. The number of imidazole rings is 1. The summed E-state index contributed by atoms with van der Waals surface area (Å²) in [5.74, 6) is 0.227. The van der Waals surface area contributed by atoms with Gasteiger partial charge in [-0.2, -0.15) is 4.31 Å². The third-order valence-corrected chi connectivity index (χ3v) is 7.88. The second kappa shape index (κ2) is 11.9. The third kappa shape index (κ3) is 6.28. The zero-order valence-electron chi connectivity index (χ0n) is 23.3. The van der Waals surface area contributed by atoms with Gasteiger partial charge in [-0.15, -0.1) is 5.10 Å². The van der Waals surface area contributed by atoms with Gasteiger partial charge in [0, 0.05) is 34.6 Å². The van der Waals surface area contributed by atoms with Crippen molar-refractivity contribution in [1.29, 1.82) is 0 Å². The molecule has 3 rings (SSSR count). The number of H-pyrrole nitrogens is 1. The van der Waals surface area contributed by atoms with Crippen LogP contribution < -0.4 is 10.3 Å². The Morgan fingerprint density at radius 2 is 1.77 bits per heavy atom. The molecule has 14 heteroatoms. The number of nitrogens with zero attached hydrogens (tertiary/aromatic N) is 6. The Morgan fingerprint density at radius 1 is 1.08 bits per heavy atom. The SMILES string of the molecule is CCCc1nc(C)c2c(=O)[nH]c(-c3cc(S(=O)(=O)N(C)CC(=O)N(C)CC(=O)N(C)C)ccc3OCC)nn12. The van der Waals surface area contributed by atoms with E-state index in [-0.39, 0.29) is 28.7 Å². The van der Waals surface area contributed by atoms with Gasteiger partial charge in [0.25, 0.3) is 5.56 Å². The monoisotopic (exact) mass is 561 g/mol. The molecule has 13 nitrogen and oxygen atoms in total. The van der Waals surface area contributed by atoms with E-state index < -0.39 is 28.0 Å². The van der Waals surface area contributed by atoms with Crippen molar-refractivity contribution in [2.24, 2.45) is 0 Å². The summed E-state index contributed by atoms with van der Waals surface area (Å²) in [4.78, 5) is 47.1. The number of rotatable bonds is 11. The first-order valence-corrected chi connectivity index (χ1v) is 13.9. The van der Waals surface area contributed by atoms with Crippen LogP contribution in [0.15, 0.2) is 27.9 Å². The minimum Gasteiger partial charge on any atom is -0.493 e. The lowest BCUT2D eigenvalue weighted by atomic mass is 10.2. The molecule has 1 aromatic carbocycles. The molecule has 0 aliphatic carbocycles. The smallest absolute Gasteiger partial charge is 0.277 e.